The van der Waals surface area contributed by atoms with Gasteiger partial charge in [0, 0.05) is 45.5 Å². The maximum absolute atomic E-state index is 11.3. The minimum Gasteiger partial charge on any atom is -0.368 e. The second-order valence-corrected chi connectivity index (χ2v) is 4.67. The van der Waals surface area contributed by atoms with Crippen molar-refractivity contribution in [3.05, 3.63) is 18.5 Å². The van der Waals surface area contributed by atoms with Crippen molar-refractivity contribution in [2.24, 2.45) is 0 Å². The summed E-state index contributed by atoms with van der Waals surface area (Å²) in [5.74, 6) is -0.0731. The van der Waals surface area contributed by atoms with Crippen LogP contribution in [0.25, 0.3) is 11.0 Å². The Morgan fingerprint density at radius 3 is 2.95 bits per heavy atom. The van der Waals surface area contributed by atoms with Crippen molar-refractivity contribution >= 4 is 28.3 Å². The summed E-state index contributed by atoms with van der Waals surface area (Å²) < 4.78 is 0. The Hall–Kier alpha value is -2.08. The zero-order valence-corrected chi connectivity index (χ0v) is 10.9. The Balaban J connectivity index is 2.06. The SMILES string of the molecule is CC(=O)Nc1c[nH]c2nccc(N3CCNCC3)c12. The second-order valence-electron chi connectivity index (χ2n) is 4.67. The van der Waals surface area contributed by atoms with Crippen LogP contribution >= 0.6 is 0 Å². The van der Waals surface area contributed by atoms with Crippen LogP contribution in [0.2, 0.25) is 0 Å². The van der Waals surface area contributed by atoms with E-state index in [2.05, 4.69) is 25.5 Å². The van der Waals surface area contributed by atoms with E-state index in [-0.39, 0.29) is 5.91 Å². The van der Waals surface area contributed by atoms with E-state index in [0.29, 0.717) is 0 Å². The summed E-state index contributed by atoms with van der Waals surface area (Å²) in [4.78, 5) is 21.0. The highest BCUT2D eigenvalue weighted by Crippen LogP contribution is 2.31. The molecule has 2 aromatic rings. The first-order valence-electron chi connectivity index (χ1n) is 6.45. The van der Waals surface area contributed by atoms with Gasteiger partial charge >= 0.3 is 0 Å². The van der Waals surface area contributed by atoms with Crippen molar-refractivity contribution in [1.82, 2.24) is 15.3 Å². The average Bonchev–Trinajstić information content (AvgIpc) is 2.82. The number of hydrogen-bond donors (Lipinski definition) is 3. The topological polar surface area (TPSA) is 73.0 Å². The van der Waals surface area contributed by atoms with E-state index >= 15 is 0 Å². The van der Waals surface area contributed by atoms with Gasteiger partial charge in [-0.3, -0.25) is 4.79 Å². The number of H-pyrrole nitrogens is 1. The minimum absolute atomic E-state index is 0.0731. The standard InChI is InChI=1S/C13H17N5O/c1-9(19)17-10-8-16-13-12(10)11(2-3-15-13)18-6-4-14-5-7-18/h2-3,8,14H,4-7H2,1H3,(H,15,16)(H,17,19). The molecule has 0 unspecified atom stereocenters. The van der Waals surface area contributed by atoms with Crippen LogP contribution in [0.3, 0.4) is 0 Å². The van der Waals surface area contributed by atoms with Gasteiger partial charge in [-0.25, -0.2) is 4.98 Å². The Labute approximate surface area is 111 Å². The van der Waals surface area contributed by atoms with Crippen LogP contribution in [-0.4, -0.2) is 42.1 Å². The molecule has 0 spiro atoms. The molecule has 2 aromatic heterocycles. The average molecular weight is 259 g/mol. The van der Waals surface area contributed by atoms with Crippen LogP contribution in [0.4, 0.5) is 11.4 Å². The van der Waals surface area contributed by atoms with Gasteiger partial charge in [0.25, 0.3) is 0 Å². The highest BCUT2D eigenvalue weighted by molar-refractivity contribution is 6.05. The molecule has 19 heavy (non-hydrogen) atoms. The molecule has 0 aromatic carbocycles. The number of nitrogens with zero attached hydrogens (tertiary/aromatic N) is 2. The first-order chi connectivity index (χ1) is 9.25. The molecule has 1 amide bonds. The van der Waals surface area contributed by atoms with Gasteiger partial charge in [0.1, 0.15) is 5.65 Å². The summed E-state index contributed by atoms with van der Waals surface area (Å²) in [6.45, 7) is 5.39. The lowest BCUT2D eigenvalue weighted by Gasteiger charge is -2.30. The van der Waals surface area contributed by atoms with Crippen molar-refractivity contribution in [3.63, 3.8) is 0 Å². The molecular formula is C13H17N5O. The third-order valence-corrected chi connectivity index (χ3v) is 3.32. The van der Waals surface area contributed by atoms with Crippen molar-refractivity contribution < 1.29 is 4.79 Å². The van der Waals surface area contributed by atoms with E-state index in [4.69, 9.17) is 0 Å². The summed E-state index contributed by atoms with van der Waals surface area (Å²) in [6, 6.07) is 2.01. The number of carbonyl (C=O) groups excluding carboxylic acids is 1. The van der Waals surface area contributed by atoms with Crippen LogP contribution in [0.1, 0.15) is 6.92 Å². The van der Waals surface area contributed by atoms with Gasteiger partial charge in [-0.1, -0.05) is 0 Å². The molecule has 1 saturated heterocycles. The third-order valence-electron chi connectivity index (χ3n) is 3.32. The molecule has 0 aliphatic carbocycles. The van der Waals surface area contributed by atoms with Gasteiger partial charge < -0.3 is 20.5 Å². The Morgan fingerprint density at radius 2 is 2.21 bits per heavy atom. The molecule has 1 aliphatic rings. The van der Waals surface area contributed by atoms with Gasteiger partial charge in [-0.05, 0) is 6.07 Å². The van der Waals surface area contributed by atoms with Crippen LogP contribution in [0.15, 0.2) is 18.5 Å². The number of pyridine rings is 1. The van der Waals surface area contributed by atoms with Crippen molar-refractivity contribution in [1.29, 1.82) is 0 Å². The van der Waals surface area contributed by atoms with Crippen molar-refractivity contribution in [3.8, 4) is 0 Å². The molecule has 6 heteroatoms. The number of rotatable bonds is 2. The first-order valence-corrected chi connectivity index (χ1v) is 6.45. The number of amides is 1. The fraction of sp³-hybridized carbons (Fsp3) is 0.385. The molecular weight excluding hydrogens is 242 g/mol. The zero-order valence-electron chi connectivity index (χ0n) is 10.9. The highest BCUT2D eigenvalue weighted by atomic mass is 16.1. The van der Waals surface area contributed by atoms with E-state index < -0.39 is 0 Å². The Kier molecular flexibility index (Phi) is 3.08. The first kappa shape index (κ1) is 12.0. The van der Waals surface area contributed by atoms with E-state index in [1.165, 1.54) is 6.92 Å². The number of nitrogens with one attached hydrogen (secondary N) is 3. The number of piperazine rings is 1. The maximum Gasteiger partial charge on any atom is 0.221 e. The van der Waals surface area contributed by atoms with Crippen LogP contribution < -0.4 is 15.5 Å². The number of fused-ring (bicyclic) bond motifs is 1. The lowest BCUT2D eigenvalue weighted by molar-refractivity contribution is -0.114. The van der Waals surface area contributed by atoms with Gasteiger partial charge in [-0.15, -0.1) is 0 Å². The van der Waals surface area contributed by atoms with Crippen LogP contribution in [0.5, 0.6) is 0 Å². The predicted octanol–water partition coefficient (Wildman–Crippen LogP) is 0.931. The van der Waals surface area contributed by atoms with E-state index in [0.717, 1.165) is 48.6 Å². The smallest absolute Gasteiger partial charge is 0.221 e. The van der Waals surface area contributed by atoms with Gasteiger partial charge in [0.05, 0.1) is 16.8 Å². The molecule has 0 bridgehead atoms. The quantitative estimate of drug-likeness (QED) is 0.750. The molecule has 3 rings (SSSR count). The summed E-state index contributed by atoms with van der Waals surface area (Å²) in [5, 5.41) is 7.18. The monoisotopic (exact) mass is 259 g/mol. The van der Waals surface area contributed by atoms with Crippen molar-refractivity contribution in [2.45, 2.75) is 6.92 Å². The summed E-state index contributed by atoms with van der Waals surface area (Å²) in [6.07, 6.45) is 3.60. The molecule has 0 saturated carbocycles. The number of hydrogen-bond acceptors (Lipinski definition) is 4. The number of aromatic amines is 1. The van der Waals surface area contributed by atoms with Gasteiger partial charge in [-0.2, -0.15) is 0 Å². The largest absolute Gasteiger partial charge is 0.368 e. The fourth-order valence-corrected chi connectivity index (χ4v) is 2.50. The lowest BCUT2D eigenvalue weighted by Crippen LogP contribution is -2.43. The number of aromatic nitrogens is 2. The minimum atomic E-state index is -0.0731. The molecule has 0 radical (unpaired) electrons. The molecule has 100 valence electrons. The lowest BCUT2D eigenvalue weighted by atomic mass is 10.2. The molecule has 1 aliphatic heterocycles. The molecule has 0 atom stereocenters. The van der Waals surface area contributed by atoms with Gasteiger partial charge in [0.15, 0.2) is 0 Å². The van der Waals surface area contributed by atoms with Crippen LogP contribution in [-0.2, 0) is 4.79 Å². The second kappa shape index (κ2) is 4.89. The Bertz CT molecular complexity index is 600. The van der Waals surface area contributed by atoms with E-state index in [1.54, 1.807) is 12.4 Å². The van der Waals surface area contributed by atoms with E-state index in [1.807, 2.05) is 6.07 Å². The number of anilines is 2. The summed E-state index contributed by atoms with van der Waals surface area (Å²) in [7, 11) is 0. The van der Waals surface area contributed by atoms with Crippen LogP contribution in [0, 0.1) is 0 Å². The zero-order chi connectivity index (χ0) is 13.2. The maximum atomic E-state index is 11.3. The summed E-state index contributed by atoms with van der Waals surface area (Å²) >= 11 is 0. The molecule has 6 nitrogen and oxygen atoms in total. The molecule has 3 N–H and O–H groups in total. The highest BCUT2D eigenvalue weighted by Gasteiger charge is 2.17. The Morgan fingerprint density at radius 1 is 1.42 bits per heavy atom. The third kappa shape index (κ3) is 2.26. The van der Waals surface area contributed by atoms with E-state index in [9.17, 15) is 4.79 Å². The molecule has 3 heterocycles. The summed E-state index contributed by atoms with van der Waals surface area (Å²) in [5.41, 5.74) is 2.72. The fourth-order valence-electron chi connectivity index (χ4n) is 2.50. The normalized spacial score (nSPS) is 15.7. The van der Waals surface area contributed by atoms with Gasteiger partial charge in [0.2, 0.25) is 5.91 Å². The number of carbonyl (C=O) groups is 1. The predicted molar refractivity (Wildman–Crippen MR) is 75.5 cm³/mol. The molecule has 1 fully saturated rings. The van der Waals surface area contributed by atoms with Crippen molar-refractivity contribution in [2.75, 3.05) is 36.4 Å².